The van der Waals surface area contributed by atoms with Crippen LogP contribution in [-0.4, -0.2) is 25.0 Å². The normalized spacial score (nSPS) is 22.4. The smallest absolute Gasteiger partial charge is 0.261 e. The molecule has 3 nitrogen and oxygen atoms in total. The van der Waals surface area contributed by atoms with Crippen LogP contribution in [0.3, 0.4) is 0 Å². The maximum atomic E-state index is 13.3. The topological polar surface area (TPSA) is 41.1 Å². The summed E-state index contributed by atoms with van der Waals surface area (Å²) in [6.45, 7) is 5.90. The summed E-state index contributed by atoms with van der Waals surface area (Å²) in [6, 6.07) is 4.90. The number of hydrogen-bond acceptors (Lipinski definition) is 3. The third-order valence-corrected chi connectivity index (χ3v) is 5.48. The van der Waals surface area contributed by atoms with Gasteiger partial charge in [0.05, 0.1) is 4.88 Å². The summed E-state index contributed by atoms with van der Waals surface area (Å²) < 4.78 is 14.3. The van der Waals surface area contributed by atoms with E-state index < -0.39 is 0 Å². The first-order valence-electron chi connectivity index (χ1n) is 7.26. The van der Waals surface area contributed by atoms with Gasteiger partial charge in [-0.05, 0) is 61.5 Å². The number of amides is 1. The molecular weight excluding hydrogens is 287 g/mol. The van der Waals surface area contributed by atoms with Crippen LogP contribution in [0.2, 0.25) is 0 Å². The van der Waals surface area contributed by atoms with Crippen LogP contribution < -0.4 is 10.6 Å². The zero-order valence-electron chi connectivity index (χ0n) is 12.2. The molecule has 2 heterocycles. The van der Waals surface area contributed by atoms with Crippen LogP contribution in [0.15, 0.2) is 18.2 Å². The Balaban J connectivity index is 1.86. The molecule has 112 valence electrons. The third kappa shape index (κ3) is 2.80. The van der Waals surface area contributed by atoms with E-state index in [9.17, 15) is 9.18 Å². The SMILES string of the molecule is Cc1c(C(=O)NC2CCNCC2C)sc2ccc(F)cc12. The highest BCUT2D eigenvalue weighted by atomic mass is 32.1. The van der Waals surface area contributed by atoms with E-state index in [1.807, 2.05) is 6.92 Å². The van der Waals surface area contributed by atoms with E-state index in [0.29, 0.717) is 10.8 Å². The van der Waals surface area contributed by atoms with Crippen molar-refractivity contribution in [3.8, 4) is 0 Å². The lowest BCUT2D eigenvalue weighted by Crippen LogP contribution is -2.48. The van der Waals surface area contributed by atoms with E-state index in [1.165, 1.54) is 23.5 Å². The Kier molecular flexibility index (Phi) is 3.95. The van der Waals surface area contributed by atoms with Gasteiger partial charge < -0.3 is 10.6 Å². The lowest BCUT2D eigenvalue weighted by Gasteiger charge is -2.30. The van der Waals surface area contributed by atoms with Crippen molar-refractivity contribution >= 4 is 27.3 Å². The molecular formula is C16H19FN2OS. The molecule has 1 amide bonds. The second-order valence-corrected chi connectivity index (χ2v) is 6.80. The molecule has 0 saturated carbocycles. The van der Waals surface area contributed by atoms with Gasteiger partial charge in [-0.1, -0.05) is 6.92 Å². The number of piperidine rings is 1. The molecule has 2 aromatic rings. The molecule has 2 atom stereocenters. The van der Waals surface area contributed by atoms with E-state index in [4.69, 9.17) is 0 Å². The van der Waals surface area contributed by atoms with Crippen LogP contribution in [0, 0.1) is 18.7 Å². The fraction of sp³-hybridized carbons (Fsp3) is 0.438. The van der Waals surface area contributed by atoms with Crippen molar-refractivity contribution in [3.05, 3.63) is 34.5 Å². The van der Waals surface area contributed by atoms with Crippen molar-refractivity contribution in [2.75, 3.05) is 13.1 Å². The minimum atomic E-state index is -0.262. The number of aryl methyl sites for hydroxylation is 1. The number of carbonyl (C=O) groups excluding carboxylic acids is 1. The molecule has 1 aromatic carbocycles. The summed E-state index contributed by atoms with van der Waals surface area (Å²) in [7, 11) is 0. The number of benzene rings is 1. The number of thiophene rings is 1. The molecule has 5 heteroatoms. The van der Waals surface area contributed by atoms with Gasteiger partial charge in [0.25, 0.3) is 5.91 Å². The predicted molar refractivity (Wildman–Crippen MR) is 84.4 cm³/mol. The maximum Gasteiger partial charge on any atom is 0.261 e. The fourth-order valence-electron chi connectivity index (χ4n) is 2.87. The molecule has 1 saturated heterocycles. The van der Waals surface area contributed by atoms with Crippen molar-refractivity contribution in [2.45, 2.75) is 26.3 Å². The first-order chi connectivity index (χ1) is 10.1. The molecule has 1 fully saturated rings. The molecule has 2 unspecified atom stereocenters. The second-order valence-electron chi connectivity index (χ2n) is 5.75. The minimum absolute atomic E-state index is 0.0344. The van der Waals surface area contributed by atoms with E-state index in [1.54, 1.807) is 6.07 Å². The average Bonchev–Trinajstić information content (AvgIpc) is 2.79. The van der Waals surface area contributed by atoms with Gasteiger partial charge in [-0.15, -0.1) is 11.3 Å². The van der Waals surface area contributed by atoms with Crippen LogP contribution in [-0.2, 0) is 0 Å². The molecule has 0 radical (unpaired) electrons. The summed E-state index contributed by atoms with van der Waals surface area (Å²) in [6.07, 6.45) is 0.950. The average molecular weight is 306 g/mol. The van der Waals surface area contributed by atoms with E-state index in [0.717, 1.165) is 35.2 Å². The molecule has 1 aromatic heterocycles. The number of halogens is 1. The first kappa shape index (κ1) is 14.5. The highest BCUT2D eigenvalue weighted by Gasteiger charge is 2.24. The zero-order valence-corrected chi connectivity index (χ0v) is 13.0. The summed E-state index contributed by atoms with van der Waals surface area (Å²) in [5.74, 6) is 0.130. The third-order valence-electron chi connectivity index (χ3n) is 4.21. The monoisotopic (exact) mass is 306 g/mol. The van der Waals surface area contributed by atoms with Gasteiger partial charge in [0.2, 0.25) is 0 Å². The molecule has 0 spiro atoms. The molecule has 0 bridgehead atoms. The maximum absolute atomic E-state index is 13.3. The number of carbonyl (C=O) groups is 1. The van der Waals surface area contributed by atoms with Crippen molar-refractivity contribution in [1.82, 2.24) is 10.6 Å². The second kappa shape index (κ2) is 5.73. The Hall–Kier alpha value is -1.46. The van der Waals surface area contributed by atoms with Crippen LogP contribution in [0.4, 0.5) is 4.39 Å². The Morgan fingerprint density at radius 1 is 1.48 bits per heavy atom. The van der Waals surface area contributed by atoms with E-state index in [2.05, 4.69) is 17.6 Å². The minimum Gasteiger partial charge on any atom is -0.348 e. The van der Waals surface area contributed by atoms with E-state index >= 15 is 0 Å². The largest absolute Gasteiger partial charge is 0.348 e. The van der Waals surface area contributed by atoms with Gasteiger partial charge in [0, 0.05) is 10.7 Å². The van der Waals surface area contributed by atoms with Gasteiger partial charge >= 0.3 is 0 Å². The number of rotatable bonds is 2. The molecule has 2 N–H and O–H groups in total. The molecule has 1 aliphatic rings. The summed E-state index contributed by atoms with van der Waals surface area (Å²) >= 11 is 1.44. The van der Waals surface area contributed by atoms with Crippen molar-refractivity contribution in [1.29, 1.82) is 0 Å². The van der Waals surface area contributed by atoms with Crippen molar-refractivity contribution in [3.63, 3.8) is 0 Å². The lowest BCUT2D eigenvalue weighted by atomic mass is 9.95. The fourth-order valence-corrected chi connectivity index (χ4v) is 3.96. The van der Waals surface area contributed by atoms with E-state index in [-0.39, 0.29) is 17.8 Å². The standard InChI is InChI=1S/C16H19FN2OS/c1-9-8-18-6-5-13(9)19-16(20)15-10(2)12-7-11(17)3-4-14(12)21-15/h3-4,7,9,13,18H,5-6,8H2,1-2H3,(H,19,20). The highest BCUT2D eigenvalue weighted by Crippen LogP contribution is 2.31. The molecule has 3 rings (SSSR count). The highest BCUT2D eigenvalue weighted by molar-refractivity contribution is 7.21. The summed E-state index contributed by atoms with van der Waals surface area (Å²) in [4.78, 5) is 13.2. The quantitative estimate of drug-likeness (QED) is 0.895. The molecule has 1 aliphatic heterocycles. The van der Waals surface area contributed by atoms with Gasteiger partial charge in [-0.2, -0.15) is 0 Å². The van der Waals surface area contributed by atoms with Crippen molar-refractivity contribution < 1.29 is 9.18 Å². The van der Waals surface area contributed by atoms with Crippen LogP contribution in [0.5, 0.6) is 0 Å². The van der Waals surface area contributed by atoms with Crippen LogP contribution in [0.1, 0.15) is 28.6 Å². The molecule has 21 heavy (non-hydrogen) atoms. The Morgan fingerprint density at radius 3 is 3.05 bits per heavy atom. The van der Waals surface area contributed by atoms with Gasteiger partial charge in [-0.25, -0.2) is 4.39 Å². The zero-order chi connectivity index (χ0) is 15.0. The Bertz CT molecular complexity index is 682. The van der Waals surface area contributed by atoms with Gasteiger partial charge in [0.15, 0.2) is 0 Å². The lowest BCUT2D eigenvalue weighted by molar-refractivity contribution is 0.0918. The Morgan fingerprint density at radius 2 is 2.29 bits per heavy atom. The number of hydrogen-bond donors (Lipinski definition) is 2. The van der Waals surface area contributed by atoms with Gasteiger partial charge in [-0.3, -0.25) is 4.79 Å². The summed E-state index contributed by atoms with van der Waals surface area (Å²) in [5, 5.41) is 7.30. The van der Waals surface area contributed by atoms with Crippen LogP contribution >= 0.6 is 11.3 Å². The molecule has 0 aliphatic carbocycles. The predicted octanol–water partition coefficient (Wildman–Crippen LogP) is 3.08. The number of nitrogens with one attached hydrogen (secondary N) is 2. The first-order valence-corrected chi connectivity index (χ1v) is 8.08. The summed E-state index contributed by atoms with van der Waals surface area (Å²) in [5.41, 5.74) is 0.869. The van der Waals surface area contributed by atoms with Gasteiger partial charge in [0.1, 0.15) is 5.82 Å². The Labute approximate surface area is 127 Å². The number of fused-ring (bicyclic) bond motifs is 1. The van der Waals surface area contributed by atoms with Crippen molar-refractivity contribution in [2.24, 2.45) is 5.92 Å². The van der Waals surface area contributed by atoms with Crippen LogP contribution in [0.25, 0.3) is 10.1 Å².